The number of benzene rings is 1. The molecule has 0 radical (unpaired) electrons. The monoisotopic (exact) mass is 343 g/mol. The average Bonchev–Trinajstić information content (AvgIpc) is 2.40. The number of hydrogen-bond acceptors (Lipinski definition) is 2. The van der Waals surface area contributed by atoms with Gasteiger partial charge in [-0.15, -0.1) is 0 Å². The molecule has 0 bridgehead atoms. The Morgan fingerprint density at radius 3 is 2.42 bits per heavy atom. The Balaban J connectivity index is 3.02. The maximum Gasteiger partial charge on any atom is 0.416 e. The molecule has 0 saturated heterocycles. The second-order valence-electron chi connectivity index (χ2n) is 6.54. The molecule has 0 saturated carbocycles. The van der Waals surface area contributed by atoms with Crippen molar-refractivity contribution >= 4 is 5.96 Å². The van der Waals surface area contributed by atoms with Crippen LogP contribution in [0.5, 0.6) is 5.75 Å². The van der Waals surface area contributed by atoms with Crippen LogP contribution in [-0.2, 0) is 12.7 Å². The summed E-state index contributed by atoms with van der Waals surface area (Å²) in [5, 5.41) is 2.78. The fourth-order valence-corrected chi connectivity index (χ4v) is 1.84. The molecule has 0 atom stereocenters. The SMILES string of the molecule is C=C(C)CNC(N)=NCc1ccc(OC(C)(C)C)cc1C(F)(F)F. The van der Waals surface area contributed by atoms with Crippen molar-refractivity contribution in [3.05, 3.63) is 41.5 Å². The molecule has 4 nitrogen and oxygen atoms in total. The Hall–Kier alpha value is -2.18. The van der Waals surface area contributed by atoms with Gasteiger partial charge >= 0.3 is 6.18 Å². The molecule has 0 heterocycles. The van der Waals surface area contributed by atoms with Gasteiger partial charge < -0.3 is 15.8 Å². The molecule has 0 spiro atoms. The molecule has 1 aromatic rings. The molecular weight excluding hydrogens is 319 g/mol. The Bertz CT molecular complexity index is 616. The van der Waals surface area contributed by atoms with Crippen LogP contribution < -0.4 is 15.8 Å². The van der Waals surface area contributed by atoms with E-state index >= 15 is 0 Å². The molecule has 3 N–H and O–H groups in total. The summed E-state index contributed by atoms with van der Waals surface area (Å²) in [5.74, 6) is 0.233. The lowest BCUT2D eigenvalue weighted by Crippen LogP contribution is -2.32. The van der Waals surface area contributed by atoms with Crippen LogP contribution in [0.25, 0.3) is 0 Å². The smallest absolute Gasteiger partial charge is 0.416 e. The fourth-order valence-electron chi connectivity index (χ4n) is 1.84. The number of nitrogens with one attached hydrogen (secondary N) is 1. The summed E-state index contributed by atoms with van der Waals surface area (Å²) in [6, 6.07) is 3.86. The van der Waals surface area contributed by atoms with Gasteiger partial charge in [-0.05, 0) is 45.4 Å². The van der Waals surface area contributed by atoms with E-state index in [1.807, 2.05) is 0 Å². The minimum atomic E-state index is -4.50. The zero-order valence-corrected chi connectivity index (χ0v) is 14.4. The molecule has 1 rings (SSSR count). The standard InChI is InChI=1S/C17H24F3N3O/c1-11(2)9-22-15(21)23-10-12-6-7-13(24-16(3,4)5)8-14(12)17(18,19)20/h6-8H,1,9-10H2,2-5H3,(H3,21,22,23). The maximum absolute atomic E-state index is 13.3. The molecule has 1 aromatic carbocycles. The Labute approximate surface area is 140 Å². The summed E-state index contributed by atoms with van der Waals surface area (Å²) in [5.41, 5.74) is 5.14. The minimum Gasteiger partial charge on any atom is -0.488 e. The molecule has 134 valence electrons. The van der Waals surface area contributed by atoms with Crippen LogP contribution in [0, 0.1) is 0 Å². The zero-order valence-electron chi connectivity index (χ0n) is 14.4. The Morgan fingerprint density at radius 1 is 1.29 bits per heavy atom. The Kier molecular flexibility index (Phi) is 6.29. The van der Waals surface area contributed by atoms with Crippen LogP contribution in [0.2, 0.25) is 0 Å². The van der Waals surface area contributed by atoms with Gasteiger partial charge in [-0.3, -0.25) is 0 Å². The highest BCUT2D eigenvalue weighted by atomic mass is 19.4. The second-order valence-corrected chi connectivity index (χ2v) is 6.54. The lowest BCUT2D eigenvalue weighted by atomic mass is 10.1. The predicted octanol–water partition coefficient (Wildman–Crippen LogP) is 3.86. The van der Waals surface area contributed by atoms with Crippen molar-refractivity contribution in [3.8, 4) is 5.75 Å². The van der Waals surface area contributed by atoms with Crippen LogP contribution in [0.1, 0.15) is 38.8 Å². The van der Waals surface area contributed by atoms with Crippen molar-refractivity contribution < 1.29 is 17.9 Å². The van der Waals surface area contributed by atoms with Gasteiger partial charge in [0.2, 0.25) is 0 Å². The summed E-state index contributed by atoms with van der Waals surface area (Å²) in [4.78, 5) is 3.95. The van der Waals surface area contributed by atoms with Gasteiger partial charge in [-0.1, -0.05) is 18.2 Å². The van der Waals surface area contributed by atoms with Gasteiger partial charge in [0.15, 0.2) is 5.96 Å². The number of guanidine groups is 1. The third kappa shape index (κ3) is 6.93. The Morgan fingerprint density at radius 2 is 1.92 bits per heavy atom. The summed E-state index contributed by atoms with van der Waals surface area (Å²) >= 11 is 0. The molecule has 7 heteroatoms. The van der Waals surface area contributed by atoms with Crippen LogP contribution in [0.3, 0.4) is 0 Å². The van der Waals surface area contributed by atoms with E-state index in [1.54, 1.807) is 27.7 Å². The summed E-state index contributed by atoms with van der Waals surface area (Å²) in [7, 11) is 0. The number of hydrogen-bond donors (Lipinski definition) is 2. The van der Waals surface area contributed by atoms with Gasteiger partial charge in [0.25, 0.3) is 0 Å². The number of nitrogens with two attached hydrogens (primary N) is 1. The summed E-state index contributed by atoms with van der Waals surface area (Å²) in [6.07, 6.45) is -4.50. The van der Waals surface area contributed by atoms with Gasteiger partial charge in [-0.25, -0.2) is 4.99 Å². The van der Waals surface area contributed by atoms with E-state index in [1.165, 1.54) is 12.1 Å². The first-order valence-corrected chi connectivity index (χ1v) is 7.46. The number of aliphatic imine (C=N–C) groups is 1. The van der Waals surface area contributed by atoms with Crippen molar-refractivity contribution in [2.45, 2.75) is 46.0 Å². The van der Waals surface area contributed by atoms with Gasteiger partial charge in [0.1, 0.15) is 11.4 Å². The third-order valence-electron chi connectivity index (χ3n) is 2.80. The number of nitrogens with zero attached hydrogens (tertiary/aromatic N) is 1. The lowest BCUT2D eigenvalue weighted by Gasteiger charge is -2.22. The van der Waals surface area contributed by atoms with Crippen molar-refractivity contribution in [2.75, 3.05) is 6.54 Å². The number of rotatable bonds is 5. The third-order valence-corrected chi connectivity index (χ3v) is 2.80. The van der Waals surface area contributed by atoms with Gasteiger partial charge in [0, 0.05) is 6.54 Å². The molecule has 0 fully saturated rings. The average molecular weight is 343 g/mol. The summed E-state index contributed by atoms with van der Waals surface area (Å²) < 4.78 is 45.3. The molecule has 0 aliphatic rings. The first kappa shape index (κ1) is 19.9. The van der Waals surface area contributed by atoms with Crippen LogP contribution in [0.4, 0.5) is 13.2 Å². The van der Waals surface area contributed by atoms with E-state index in [0.29, 0.717) is 6.54 Å². The number of alkyl halides is 3. The minimum absolute atomic E-state index is 0.0313. The van der Waals surface area contributed by atoms with E-state index in [4.69, 9.17) is 10.5 Å². The van der Waals surface area contributed by atoms with Crippen molar-refractivity contribution in [2.24, 2.45) is 10.7 Å². The quantitative estimate of drug-likeness (QED) is 0.485. The highest BCUT2D eigenvalue weighted by molar-refractivity contribution is 5.78. The maximum atomic E-state index is 13.3. The summed E-state index contributed by atoms with van der Waals surface area (Å²) in [6.45, 7) is 11.0. The van der Waals surface area contributed by atoms with E-state index in [9.17, 15) is 13.2 Å². The van der Waals surface area contributed by atoms with E-state index < -0.39 is 17.3 Å². The van der Waals surface area contributed by atoms with Crippen LogP contribution in [-0.4, -0.2) is 18.1 Å². The normalized spacial score (nSPS) is 12.9. The fraction of sp³-hybridized carbons (Fsp3) is 0.471. The van der Waals surface area contributed by atoms with Gasteiger partial charge in [-0.2, -0.15) is 13.2 Å². The zero-order chi connectivity index (χ0) is 18.5. The molecule has 0 aromatic heterocycles. The first-order valence-electron chi connectivity index (χ1n) is 7.46. The molecule has 24 heavy (non-hydrogen) atoms. The van der Waals surface area contributed by atoms with Crippen molar-refractivity contribution in [1.82, 2.24) is 5.32 Å². The second kappa shape index (κ2) is 7.59. The molecule has 0 unspecified atom stereocenters. The number of ether oxygens (including phenoxy) is 1. The molecule has 0 amide bonds. The molecular formula is C17H24F3N3O. The number of halogens is 3. The predicted molar refractivity (Wildman–Crippen MR) is 90.0 cm³/mol. The topological polar surface area (TPSA) is 59.6 Å². The highest BCUT2D eigenvalue weighted by Crippen LogP contribution is 2.35. The van der Waals surface area contributed by atoms with Gasteiger partial charge in [0.05, 0.1) is 12.1 Å². The highest BCUT2D eigenvalue weighted by Gasteiger charge is 2.34. The largest absolute Gasteiger partial charge is 0.488 e. The first-order chi connectivity index (χ1) is 10.9. The van der Waals surface area contributed by atoms with Crippen LogP contribution in [0.15, 0.2) is 35.3 Å². The van der Waals surface area contributed by atoms with Crippen molar-refractivity contribution in [1.29, 1.82) is 0 Å². The van der Waals surface area contributed by atoms with Crippen LogP contribution >= 0.6 is 0 Å². The van der Waals surface area contributed by atoms with E-state index in [0.717, 1.165) is 11.6 Å². The molecule has 0 aliphatic carbocycles. The van der Waals surface area contributed by atoms with Crippen molar-refractivity contribution in [3.63, 3.8) is 0 Å². The lowest BCUT2D eigenvalue weighted by molar-refractivity contribution is -0.138. The van der Waals surface area contributed by atoms with E-state index in [-0.39, 0.29) is 23.8 Å². The van der Waals surface area contributed by atoms with E-state index in [2.05, 4.69) is 16.9 Å². The molecule has 0 aliphatic heterocycles.